The van der Waals surface area contributed by atoms with E-state index in [9.17, 15) is 4.79 Å². The van der Waals surface area contributed by atoms with Crippen molar-refractivity contribution >= 4 is 34.1 Å². The molecule has 3 nitrogen and oxygen atoms in total. The van der Waals surface area contributed by atoms with Gasteiger partial charge in [-0.05, 0) is 12.1 Å². The van der Waals surface area contributed by atoms with Gasteiger partial charge in [0.05, 0.1) is 16.2 Å². The standard InChI is InChI=1S/C11H9ClN2O/c1-7(15)14-10-4-2-3-8-9(12)5-6-13-11(8)10/h2-6H,1H3,(H,14,15). The smallest absolute Gasteiger partial charge is 0.221 e. The molecule has 0 aliphatic rings. The van der Waals surface area contributed by atoms with E-state index in [1.165, 1.54) is 6.92 Å². The zero-order valence-electron chi connectivity index (χ0n) is 8.12. The summed E-state index contributed by atoms with van der Waals surface area (Å²) in [5, 5.41) is 4.18. The number of hydrogen-bond acceptors (Lipinski definition) is 2. The summed E-state index contributed by atoms with van der Waals surface area (Å²) in [6.45, 7) is 1.46. The molecule has 1 N–H and O–H groups in total. The molecule has 0 radical (unpaired) electrons. The van der Waals surface area contributed by atoms with Crippen LogP contribution in [0.1, 0.15) is 6.92 Å². The summed E-state index contributed by atoms with van der Waals surface area (Å²) in [6.07, 6.45) is 1.62. The summed E-state index contributed by atoms with van der Waals surface area (Å²) in [5.74, 6) is -0.121. The van der Waals surface area contributed by atoms with Gasteiger partial charge >= 0.3 is 0 Å². The van der Waals surface area contributed by atoms with Gasteiger partial charge in [-0.3, -0.25) is 9.78 Å². The van der Waals surface area contributed by atoms with E-state index in [1.807, 2.05) is 12.1 Å². The van der Waals surface area contributed by atoms with Gasteiger partial charge < -0.3 is 5.32 Å². The molecule has 0 fully saturated rings. The van der Waals surface area contributed by atoms with Crippen molar-refractivity contribution in [3.63, 3.8) is 0 Å². The highest BCUT2D eigenvalue weighted by Crippen LogP contribution is 2.26. The molecular formula is C11H9ClN2O. The Hall–Kier alpha value is -1.61. The molecule has 0 aliphatic carbocycles. The Balaban J connectivity index is 2.65. The van der Waals surface area contributed by atoms with E-state index in [2.05, 4.69) is 10.3 Å². The summed E-state index contributed by atoms with van der Waals surface area (Å²) in [5.41, 5.74) is 1.39. The molecule has 1 heterocycles. The van der Waals surface area contributed by atoms with Gasteiger partial charge in [0.25, 0.3) is 0 Å². The highest BCUT2D eigenvalue weighted by Gasteiger charge is 2.05. The molecule has 15 heavy (non-hydrogen) atoms. The fourth-order valence-electron chi connectivity index (χ4n) is 1.43. The number of fused-ring (bicyclic) bond motifs is 1. The van der Waals surface area contributed by atoms with Crippen molar-refractivity contribution in [3.8, 4) is 0 Å². The molecule has 2 rings (SSSR count). The maximum atomic E-state index is 11.0. The summed E-state index contributed by atoms with van der Waals surface area (Å²) < 4.78 is 0. The number of nitrogens with zero attached hydrogens (tertiary/aromatic N) is 1. The number of nitrogens with one attached hydrogen (secondary N) is 1. The third kappa shape index (κ3) is 1.92. The molecule has 1 aromatic heterocycles. The minimum atomic E-state index is -0.121. The number of amides is 1. The molecule has 1 amide bonds. The number of aromatic nitrogens is 1. The molecule has 0 saturated heterocycles. The molecule has 0 aliphatic heterocycles. The number of para-hydroxylation sites is 1. The zero-order chi connectivity index (χ0) is 10.8. The SMILES string of the molecule is CC(=O)Nc1cccc2c(Cl)ccnc12. The maximum absolute atomic E-state index is 11.0. The Morgan fingerprint density at radius 1 is 1.40 bits per heavy atom. The van der Waals surface area contributed by atoms with Crippen LogP contribution in [0.4, 0.5) is 5.69 Å². The fraction of sp³-hybridized carbons (Fsp3) is 0.0909. The van der Waals surface area contributed by atoms with Crippen molar-refractivity contribution in [1.29, 1.82) is 0 Å². The van der Waals surface area contributed by atoms with E-state index in [1.54, 1.807) is 18.3 Å². The normalized spacial score (nSPS) is 10.3. The van der Waals surface area contributed by atoms with E-state index < -0.39 is 0 Å². The van der Waals surface area contributed by atoms with Crippen LogP contribution in [0.5, 0.6) is 0 Å². The highest BCUT2D eigenvalue weighted by molar-refractivity contribution is 6.35. The Bertz CT molecular complexity index is 525. The Morgan fingerprint density at radius 2 is 2.20 bits per heavy atom. The molecule has 0 unspecified atom stereocenters. The van der Waals surface area contributed by atoms with Crippen molar-refractivity contribution in [2.45, 2.75) is 6.92 Å². The minimum absolute atomic E-state index is 0.121. The lowest BCUT2D eigenvalue weighted by atomic mass is 10.2. The molecule has 4 heteroatoms. The van der Waals surface area contributed by atoms with Crippen molar-refractivity contribution in [1.82, 2.24) is 4.98 Å². The molecule has 2 aromatic rings. The van der Waals surface area contributed by atoms with Crippen LogP contribution >= 0.6 is 11.6 Å². The van der Waals surface area contributed by atoms with Crippen molar-refractivity contribution in [2.75, 3.05) is 5.32 Å². The molecule has 76 valence electrons. The van der Waals surface area contributed by atoms with Crippen LogP contribution in [-0.2, 0) is 4.79 Å². The van der Waals surface area contributed by atoms with Gasteiger partial charge in [0, 0.05) is 18.5 Å². The van der Waals surface area contributed by atoms with Crippen LogP contribution in [0, 0.1) is 0 Å². The Kier molecular flexibility index (Phi) is 2.56. The lowest BCUT2D eigenvalue weighted by molar-refractivity contribution is -0.114. The van der Waals surface area contributed by atoms with Crippen molar-refractivity contribution in [3.05, 3.63) is 35.5 Å². The van der Waals surface area contributed by atoms with Crippen LogP contribution in [-0.4, -0.2) is 10.9 Å². The number of halogens is 1. The zero-order valence-corrected chi connectivity index (χ0v) is 8.88. The van der Waals surface area contributed by atoms with Crippen LogP contribution in [0.2, 0.25) is 5.02 Å². The van der Waals surface area contributed by atoms with Gasteiger partial charge in [-0.15, -0.1) is 0 Å². The first-order valence-corrected chi connectivity index (χ1v) is 4.87. The van der Waals surface area contributed by atoms with Crippen LogP contribution < -0.4 is 5.32 Å². The predicted molar refractivity (Wildman–Crippen MR) is 61.1 cm³/mol. The fourth-order valence-corrected chi connectivity index (χ4v) is 1.64. The third-order valence-corrected chi connectivity index (χ3v) is 2.36. The predicted octanol–water partition coefficient (Wildman–Crippen LogP) is 2.85. The average Bonchev–Trinajstić information content (AvgIpc) is 2.19. The van der Waals surface area contributed by atoms with E-state index in [-0.39, 0.29) is 5.91 Å². The van der Waals surface area contributed by atoms with Crippen molar-refractivity contribution in [2.24, 2.45) is 0 Å². The van der Waals surface area contributed by atoms with Crippen molar-refractivity contribution < 1.29 is 4.79 Å². The molecule has 0 spiro atoms. The molecule has 0 saturated carbocycles. The minimum Gasteiger partial charge on any atom is -0.324 e. The first kappa shape index (κ1) is 9.93. The highest BCUT2D eigenvalue weighted by atomic mass is 35.5. The number of carbonyl (C=O) groups excluding carboxylic acids is 1. The van der Waals surface area contributed by atoms with Crippen LogP contribution in [0.3, 0.4) is 0 Å². The maximum Gasteiger partial charge on any atom is 0.221 e. The van der Waals surface area contributed by atoms with E-state index in [0.29, 0.717) is 16.2 Å². The van der Waals surface area contributed by atoms with E-state index in [4.69, 9.17) is 11.6 Å². The summed E-state index contributed by atoms with van der Waals surface area (Å²) in [7, 11) is 0. The first-order chi connectivity index (χ1) is 7.18. The van der Waals surface area contributed by atoms with Crippen LogP contribution in [0.15, 0.2) is 30.5 Å². The summed E-state index contributed by atoms with van der Waals surface area (Å²) in [6, 6.07) is 7.23. The number of pyridine rings is 1. The quantitative estimate of drug-likeness (QED) is 0.803. The molecule has 0 atom stereocenters. The summed E-state index contributed by atoms with van der Waals surface area (Å²) >= 11 is 6.01. The lowest BCUT2D eigenvalue weighted by Gasteiger charge is -2.06. The number of benzene rings is 1. The average molecular weight is 221 g/mol. The topological polar surface area (TPSA) is 42.0 Å². The Morgan fingerprint density at radius 3 is 2.93 bits per heavy atom. The van der Waals surface area contributed by atoms with Gasteiger partial charge in [-0.2, -0.15) is 0 Å². The van der Waals surface area contributed by atoms with Gasteiger partial charge in [-0.1, -0.05) is 23.7 Å². The third-order valence-electron chi connectivity index (χ3n) is 2.03. The Labute approximate surface area is 92.1 Å². The second kappa shape index (κ2) is 3.87. The van der Waals surface area contributed by atoms with E-state index >= 15 is 0 Å². The first-order valence-electron chi connectivity index (χ1n) is 4.49. The molecule has 0 bridgehead atoms. The van der Waals surface area contributed by atoms with Crippen LogP contribution in [0.25, 0.3) is 10.9 Å². The number of hydrogen-bond donors (Lipinski definition) is 1. The number of rotatable bonds is 1. The molecule has 1 aromatic carbocycles. The second-order valence-electron chi connectivity index (χ2n) is 3.18. The largest absolute Gasteiger partial charge is 0.324 e. The van der Waals surface area contributed by atoms with Gasteiger partial charge in [0.2, 0.25) is 5.91 Å². The summed E-state index contributed by atoms with van der Waals surface area (Å²) in [4.78, 5) is 15.2. The van der Waals surface area contributed by atoms with Gasteiger partial charge in [0.15, 0.2) is 0 Å². The lowest BCUT2D eigenvalue weighted by Crippen LogP contribution is -2.06. The molecular weight excluding hydrogens is 212 g/mol. The van der Waals surface area contributed by atoms with Gasteiger partial charge in [0.1, 0.15) is 0 Å². The number of anilines is 1. The van der Waals surface area contributed by atoms with Gasteiger partial charge in [-0.25, -0.2) is 0 Å². The number of carbonyl (C=O) groups is 1. The second-order valence-corrected chi connectivity index (χ2v) is 3.58. The monoisotopic (exact) mass is 220 g/mol. The van der Waals surface area contributed by atoms with E-state index in [0.717, 1.165) is 5.39 Å².